The second-order valence-electron chi connectivity index (χ2n) is 5.41. The van der Waals surface area contributed by atoms with Gasteiger partial charge in [0.15, 0.2) is 0 Å². The van der Waals surface area contributed by atoms with Gasteiger partial charge in [0.1, 0.15) is 5.00 Å². The maximum atomic E-state index is 12.2. The third-order valence-corrected chi connectivity index (χ3v) is 4.67. The van der Waals surface area contributed by atoms with Crippen molar-refractivity contribution in [2.24, 2.45) is 5.73 Å². The number of amides is 3. The quantitative estimate of drug-likeness (QED) is 0.648. The topological polar surface area (TPSA) is 84.2 Å². The number of carbonyl (C=O) groups is 2. The van der Waals surface area contributed by atoms with Crippen LogP contribution in [0, 0.1) is 6.92 Å². The standard InChI is InChI=1S/C19H17N3O2S/c1-12-15(13-8-4-2-5-9-13)16(17(20)23)18(25-12)22-19(24)21-14-10-6-3-7-11-14/h2-11H,1H3,(H2,20,23)(H2,21,22,24). The van der Waals surface area contributed by atoms with Crippen molar-refractivity contribution < 1.29 is 9.59 Å². The molecule has 0 fully saturated rings. The van der Waals surface area contributed by atoms with E-state index in [1.165, 1.54) is 11.3 Å². The van der Waals surface area contributed by atoms with Gasteiger partial charge in [-0.1, -0.05) is 48.5 Å². The number of carbonyl (C=O) groups excluding carboxylic acids is 2. The molecule has 3 rings (SSSR count). The highest BCUT2D eigenvalue weighted by Gasteiger charge is 2.22. The smallest absolute Gasteiger partial charge is 0.324 e. The Morgan fingerprint density at radius 1 is 0.920 bits per heavy atom. The predicted molar refractivity (Wildman–Crippen MR) is 102 cm³/mol. The largest absolute Gasteiger partial charge is 0.365 e. The zero-order chi connectivity index (χ0) is 17.8. The number of hydrogen-bond donors (Lipinski definition) is 3. The van der Waals surface area contributed by atoms with Crippen molar-refractivity contribution in [3.8, 4) is 11.1 Å². The van der Waals surface area contributed by atoms with Gasteiger partial charge >= 0.3 is 6.03 Å². The number of hydrogen-bond acceptors (Lipinski definition) is 3. The molecule has 0 aliphatic carbocycles. The van der Waals surface area contributed by atoms with Crippen LogP contribution in [-0.4, -0.2) is 11.9 Å². The van der Waals surface area contributed by atoms with E-state index in [0.717, 1.165) is 16.0 Å². The van der Waals surface area contributed by atoms with Gasteiger partial charge in [-0.3, -0.25) is 10.1 Å². The number of anilines is 2. The lowest BCUT2D eigenvalue weighted by Gasteiger charge is -2.08. The maximum Gasteiger partial charge on any atom is 0.324 e. The molecule has 4 N–H and O–H groups in total. The van der Waals surface area contributed by atoms with Crippen LogP contribution >= 0.6 is 11.3 Å². The SMILES string of the molecule is Cc1sc(NC(=O)Nc2ccccc2)c(C(N)=O)c1-c1ccccc1. The van der Waals surface area contributed by atoms with E-state index in [0.29, 0.717) is 16.3 Å². The van der Waals surface area contributed by atoms with Crippen molar-refractivity contribution in [2.75, 3.05) is 10.6 Å². The van der Waals surface area contributed by atoms with Crippen molar-refractivity contribution in [3.63, 3.8) is 0 Å². The van der Waals surface area contributed by atoms with E-state index in [1.807, 2.05) is 55.5 Å². The average Bonchev–Trinajstić information content (AvgIpc) is 2.92. The van der Waals surface area contributed by atoms with Crippen LogP contribution in [0.25, 0.3) is 11.1 Å². The van der Waals surface area contributed by atoms with Crippen molar-refractivity contribution in [2.45, 2.75) is 6.92 Å². The minimum atomic E-state index is -0.571. The molecule has 0 spiro atoms. The molecule has 0 aliphatic rings. The number of nitrogens with two attached hydrogens (primary N) is 1. The first-order valence-corrected chi connectivity index (χ1v) is 8.49. The molecule has 1 aromatic heterocycles. The molecule has 0 saturated heterocycles. The van der Waals surface area contributed by atoms with E-state index in [4.69, 9.17) is 5.73 Å². The predicted octanol–water partition coefficient (Wildman–Crippen LogP) is 4.47. The Kier molecular flexibility index (Phi) is 4.81. The van der Waals surface area contributed by atoms with Gasteiger partial charge in [0.25, 0.3) is 5.91 Å². The summed E-state index contributed by atoms with van der Waals surface area (Å²) in [5, 5.41) is 5.91. The summed E-state index contributed by atoms with van der Waals surface area (Å²) in [5.41, 5.74) is 8.23. The molecular formula is C19H17N3O2S. The number of urea groups is 1. The van der Waals surface area contributed by atoms with E-state index in [9.17, 15) is 9.59 Å². The number of thiophene rings is 1. The lowest BCUT2D eigenvalue weighted by molar-refractivity contribution is 0.100. The van der Waals surface area contributed by atoms with Gasteiger partial charge in [0.05, 0.1) is 5.56 Å². The first-order valence-electron chi connectivity index (χ1n) is 7.68. The van der Waals surface area contributed by atoms with E-state index in [-0.39, 0.29) is 0 Å². The van der Waals surface area contributed by atoms with Gasteiger partial charge in [-0.2, -0.15) is 0 Å². The van der Waals surface area contributed by atoms with Crippen LogP contribution in [0.3, 0.4) is 0 Å². The summed E-state index contributed by atoms with van der Waals surface area (Å²) in [5.74, 6) is -0.571. The van der Waals surface area contributed by atoms with Gasteiger partial charge in [-0.25, -0.2) is 4.79 Å². The molecule has 5 nitrogen and oxygen atoms in total. The Labute approximate surface area is 149 Å². The Hall–Kier alpha value is -3.12. The number of para-hydroxylation sites is 1. The van der Waals surface area contributed by atoms with Crippen molar-refractivity contribution >= 4 is 34.0 Å². The minimum absolute atomic E-state index is 0.330. The summed E-state index contributed by atoms with van der Waals surface area (Å²) >= 11 is 1.33. The first kappa shape index (κ1) is 16.7. The number of benzene rings is 2. The summed E-state index contributed by atoms with van der Waals surface area (Å²) < 4.78 is 0. The number of aryl methyl sites for hydroxylation is 1. The fraction of sp³-hybridized carbons (Fsp3) is 0.0526. The second-order valence-corrected chi connectivity index (χ2v) is 6.64. The molecule has 6 heteroatoms. The van der Waals surface area contributed by atoms with E-state index in [1.54, 1.807) is 12.1 Å². The molecule has 0 bridgehead atoms. The Morgan fingerprint density at radius 2 is 1.52 bits per heavy atom. The third kappa shape index (κ3) is 3.70. The Bertz CT molecular complexity index is 905. The van der Waals surface area contributed by atoms with Crippen LogP contribution in [-0.2, 0) is 0 Å². The summed E-state index contributed by atoms with van der Waals surface area (Å²) in [6.45, 7) is 1.90. The summed E-state index contributed by atoms with van der Waals surface area (Å²) in [6.07, 6.45) is 0. The lowest BCUT2D eigenvalue weighted by atomic mass is 10.0. The van der Waals surface area contributed by atoms with Crippen LogP contribution in [0.2, 0.25) is 0 Å². The third-order valence-electron chi connectivity index (χ3n) is 3.65. The average molecular weight is 351 g/mol. The Morgan fingerprint density at radius 3 is 2.12 bits per heavy atom. The van der Waals surface area contributed by atoms with Crippen molar-refractivity contribution in [3.05, 3.63) is 71.1 Å². The van der Waals surface area contributed by atoms with E-state index >= 15 is 0 Å². The summed E-state index contributed by atoms with van der Waals surface area (Å²) in [7, 11) is 0. The van der Waals surface area contributed by atoms with Crippen LogP contribution in [0.1, 0.15) is 15.2 Å². The summed E-state index contributed by atoms with van der Waals surface area (Å²) in [4.78, 5) is 25.2. The number of primary amides is 1. The highest BCUT2D eigenvalue weighted by Crippen LogP contribution is 2.39. The highest BCUT2D eigenvalue weighted by molar-refractivity contribution is 7.17. The molecule has 2 aromatic carbocycles. The molecule has 0 aliphatic heterocycles. The van der Waals surface area contributed by atoms with Crippen molar-refractivity contribution in [1.29, 1.82) is 0 Å². The van der Waals surface area contributed by atoms with Crippen LogP contribution < -0.4 is 16.4 Å². The van der Waals surface area contributed by atoms with Crippen LogP contribution in [0.15, 0.2) is 60.7 Å². The minimum Gasteiger partial charge on any atom is -0.365 e. The van der Waals surface area contributed by atoms with Gasteiger partial charge in [-0.05, 0) is 24.6 Å². The fourth-order valence-corrected chi connectivity index (χ4v) is 3.68. The van der Waals surface area contributed by atoms with Crippen LogP contribution in [0.5, 0.6) is 0 Å². The molecule has 126 valence electrons. The lowest BCUT2D eigenvalue weighted by Crippen LogP contribution is -2.21. The van der Waals surface area contributed by atoms with E-state index < -0.39 is 11.9 Å². The number of nitrogens with one attached hydrogen (secondary N) is 2. The molecule has 0 radical (unpaired) electrons. The van der Waals surface area contributed by atoms with Gasteiger partial charge in [0.2, 0.25) is 0 Å². The highest BCUT2D eigenvalue weighted by atomic mass is 32.1. The molecule has 0 saturated carbocycles. The van der Waals surface area contributed by atoms with E-state index in [2.05, 4.69) is 10.6 Å². The first-order chi connectivity index (χ1) is 12.1. The van der Waals surface area contributed by atoms with Gasteiger partial charge < -0.3 is 11.1 Å². The van der Waals surface area contributed by atoms with Crippen LogP contribution in [0.4, 0.5) is 15.5 Å². The molecular weight excluding hydrogens is 334 g/mol. The second kappa shape index (κ2) is 7.19. The monoisotopic (exact) mass is 351 g/mol. The molecule has 25 heavy (non-hydrogen) atoms. The molecule has 1 heterocycles. The number of rotatable bonds is 4. The van der Waals surface area contributed by atoms with Gasteiger partial charge in [-0.15, -0.1) is 11.3 Å². The summed E-state index contributed by atoms with van der Waals surface area (Å²) in [6, 6.07) is 18.2. The zero-order valence-electron chi connectivity index (χ0n) is 13.6. The fourth-order valence-electron chi connectivity index (χ4n) is 2.61. The normalized spacial score (nSPS) is 10.3. The molecule has 3 aromatic rings. The maximum absolute atomic E-state index is 12.2. The Balaban J connectivity index is 1.92. The molecule has 0 unspecified atom stereocenters. The van der Waals surface area contributed by atoms with Crippen molar-refractivity contribution in [1.82, 2.24) is 0 Å². The molecule has 3 amide bonds. The van der Waals surface area contributed by atoms with Gasteiger partial charge in [0, 0.05) is 16.1 Å². The molecule has 0 atom stereocenters. The zero-order valence-corrected chi connectivity index (χ0v) is 14.4.